The van der Waals surface area contributed by atoms with E-state index in [1.54, 1.807) is 0 Å². The molecule has 4 nitrogen and oxygen atoms in total. The lowest BCUT2D eigenvalue weighted by Gasteiger charge is -2.42. The largest absolute Gasteiger partial charge is 0.338 e. The van der Waals surface area contributed by atoms with Crippen molar-refractivity contribution in [3.63, 3.8) is 0 Å². The first-order chi connectivity index (χ1) is 16.5. The Bertz CT molecular complexity index is 1310. The molecule has 0 radical (unpaired) electrons. The molecule has 35 heavy (non-hydrogen) atoms. The van der Waals surface area contributed by atoms with E-state index in [-0.39, 0.29) is 27.8 Å². The number of hydrogen-bond donors (Lipinski definition) is 0. The summed E-state index contributed by atoms with van der Waals surface area (Å²) in [5.41, 5.74) is 5.63. The third-order valence-corrected chi connectivity index (χ3v) is 8.87. The number of hydrogen-bond acceptors (Lipinski definition) is 2. The van der Waals surface area contributed by atoms with Crippen molar-refractivity contribution in [2.45, 2.75) is 130 Å². The summed E-state index contributed by atoms with van der Waals surface area (Å²) in [7, 11) is 0. The maximum absolute atomic E-state index is 14.0. The van der Waals surface area contributed by atoms with E-state index >= 15 is 0 Å². The number of unbranched alkanes of at least 4 members (excludes halogenated alkanes) is 2. The number of aromatic nitrogens is 3. The van der Waals surface area contributed by atoms with E-state index in [0.717, 1.165) is 48.2 Å². The molecule has 3 aromatic heterocycles. The Labute approximate surface area is 211 Å². The zero-order valence-corrected chi connectivity index (χ0v) is 23.6. The minimum Gasteiger partial charge on any atom is -0.252 e. The molecule has 0 spiro atoms. The topological polar surface area (TPSA) is 39.0 Å². The molecule has 0 saturated carbocycles. The van der Waals surface area contributed by atoms with Crippen LogP contribution in [0.4, 0.5) is 0 Å². The highest BCUT2D eigenvalue weighted by atomic mass is 16.1. The summed E-state index contributed by atoms with van der Waals surface area (Å²) in [5.74, 6) is 0. The number of pyridine rings is 2. The Kier molecular flexibility index (Phi) is 6.66. The molecule has 0 aromatic carbocycles. The molecule has 0 fully saturated rings. The van der Waals surface area contributed by atoms with Crippen LogP contribution in [0.3, 0.4) is 0 Å². The molecule has 0 aliphatic carbocycles. The van der Waals surface area contributed by atoms with E-state index in [9.17, 15) is 4.79 Å². The zero-order valence-electron chi connectivity index (χ0n) is 23.6. The predicted octanol–water partition coefficient (Wildman–Crippen LogP) is 7.31. The fraction of sp³-hybridized carbons (Fsp3) is 0.645. The molecule has 1 aliphatic rings. The summed E-state index contributed by atoms with van der Waals surface area (Å²) in [6.45, 7) is 20.4. The lowest BCUT2D eigenvalue weighted by molar-refractivity contribution is -0.530. The quantitative estimate of drug-likeness (QED) is 0.194. The van der Waals surface area contributed by atoms with E-state index in [2.05, 4.69) is 89.6 Å². The summed E-state index contributed by atoms with van der Waals surface area (Å²) in [4.78, 5) is 19.1. The van der Waals surface area contributed by atoms with Crippen LogP contribution in [0.25, 0.3) is 16.6 Å². The van der Waals surface area contributed by atoms with Crippen molar-refractivity contribution < 1.29 is 4.40 Å². The number of rotatable bonds is 8. The minimum absolute atomic E-state index is 0.0397. The van der Waals surface area contributed by atoms with E-state index in [0.29, 0.717) is 0 Å². The SMILES string of the molecule is CCCCCC(C)(C)c1cc(=O)n2c3c4c(cc(C(C)(C)C)nc4cc[n+]13)C(CC)(CC)C2CC. The Morgan fingerprint density at radius 1 is 1.03 bits per heavy atom. The van der Waals surface area contributed by atoms with Gasteiger partial charge in [0.05, 0.1) is 23.2 Å². The lowest BCUT2D eigenvalue weighted by Crippen LogP contribution is -2.50. The maximum Gasteiger partial charge on any atom is 0.338 e. The van der Waals surface area contributed by atoms with Gasteiger partial charge in [0.1, 0.15) is 11.7 Å². The van der Waals surface area contributed by atoms with Crippen molar-refractivity contribution >= 4 is 16.6 Å². The van der Waals surface area contributed by atoms with E-state index in [1.165, 1.54) is 30.2 Å². The predicted molar refractivity (Wildman–Crippen MR) is 147 cm³/mol. The molecule has 0 N–H and O–H groups in total. The minimum atomic E-state index is -0.0868. The van der Waals surface area contributed by atoms with Crippen molar-refractivity contribution in [2.24, 2.45) is 0 Å². The van der Waals surface area contributed by atoms with Crippen molar-refractivity contribution in [1.82, 2.24) is 9.55 Å². The molecular weight excluding hydrogens is 430 g/mol. The van der Waals surface area contributed by atoms with Gasteiger partial charge >= 0.3 is 5.56 Å². The van der Waals surface area contributed by atoms with Gasteiger partial charge in [-0.15, -0.1) is 0 Å². The fourth-order valence-corrected chi connectivity index (χ4v) is 6.69. The van der Waals surface area contributed by atoms with Gasteiger partial charge in [0.25, 0.3) is 5.65 Å². The molecule has 4 rings (SSSR count). The first kappa shape index (κ1) is 25.9. The average molecular weight is 477 g/mol. The summed E-state index contributed by atoms with van der Waals surface area (Å²) in [6.07, 6.45) is 9.78. The monoisotopic (exact) mass is 476 g/mol. The van der Waals surface area contributed by atoms with Crippen LogP contribution in [0.5, 0.6) is 0 Å². The van der Waals surface area contributed by atoms with Crippen molar-refractivity contribution in [2.75, 3.05) is 0 Å². The van der Waals surface area contributed by atoms with Crippen molar-refractivity contribution in [3.8, 4) is 0 Å². The maximum atomic E-state index is 14.0. The summed E-state index contributed by atoms with van der Waals surface area (Å²) in [6, 6.07) is 6.63. The molecule has 4 heteroatoms. The van der Waals surface area contributed by atoms with Crippen LogP contribution in [0.2, 0.25) is 0 Å². The molecule has 1 unspecified atom stereocenters. The highest BCUT2D eigenvalue weighted by Crippen LogP contribution is 2.50. The third-order valence-electron chi connectivity index (χ3n) is 8.87. The van der Waals surface area contributed by atoms with Crippen LogP contribution < -0.4 is 9.96 Å². The molecule has 0 bridgehead atoms. The molecular formula is C31H46N3O+. The summed E-state index contributed by atoms with van der Waals surface area (Å²) >= 11 is 0. The van der Waals surface area contributed by atoms with E-state index in [4.69, 9.17) is 4.98 Å². The Morgan fingerprint density at radius 3 is 2.29 bits per heavy atom. The van der Waals surface area contributed by atoms with E-state index in [1.807, 2.05) is 6.07 Å². The van der Waals surface area contributed by atoms with Gasteiger partial charge in [0.15, 0.2) is 0 Å². The van der Waals surface area contributed by atoms with Crippen LogP contribution in [0.1, 0.15) is 130 Å². The first-order valence-corrected chi connectivity index (χ1v) is 13.9. The Hall–Kier alpha value is -2.23. The Morgan fingerprint density at radius 2 is 1.71 bits per heavy atom. The highest BCUT2D eigenvalue weighted by molar-refractivity contribution is 5.94. The Balaban J connectivity index is 2.18. The molecule has 3 aromatic rings. The van der Waals surface area contributed by atoms with Crippen molar-refractivity contribution in [3.05, 3.63) is 51.7 Å². The smallest absolute Gasteiger partial charge is 0.252 e. The third kappa shape index (κ3) is 3.92. The van der Waals surface area contributed by atoms with Gasteiger partial charge in [-0.25, -0.2) is 9.20 Å². The second kappa shape index (κ2) is 9.01. The van der Waals surface area contributed by atoms with Crippen molar-refractivity contribution in [1.29, 1.82) is 0 Å². The standard InChI is InChI=1S/C31H46N3O/c1-10-14-15-17-30(8,9)25-20-26(35)34-24(11-2)31(12-3,13-4)21-19-23(29(5,6)7)32-22-16-18-33(25)28(34)27(21)22/h16,18-20,24H,10-15,17H2,1-9H3/q+1. The van der Waals surface area contributed by atoms with Gasteiger partial charge in [-0.3, -0.25) is 4.98 Å². The van der Waals surface area contributed by atoms with Gasteiger partial charge in [-0.1, -0.05) is 81.6 Å². The average Bonchev–Trinajstić information content (AvgIpc) is 2.81. The van der Waals surface area contributed by atoms with E-state index < -0.39 is 0 Å². The van der Waals surface area contributed by atoms with Crippen LogP contribution in [0.15, 0.2) is 29.2 Å². The summed E-state index contributed by atoms with van der Waals surface area (Å²) in [5, 5.41) is 1.18. The van der Waals surface area contributed by atoms with Crippen LogP contribution in [0, 0.1) is 0 Å². The lowest BCUT2D eigenvalue weighted by atomic mass is 9.66. The van der Waals surface area contributed by atoms with Gasteiger partial charge in [-0.05, 0) is 37.3 Å². The fourth-order valence-electron chi connectivity index (χ4n) is 6.69. The van der Waals surface area contributed by atoms with Crippen LogP contribution >= 0.6 is 0 Å². The second-order valence-corrected chi connectivity index (χ2v) is 12.4. The van der Waals surface area contributed by atoms with Crippen LogP contribution in [-0.2, 0) is 16.2 Å². The number of nitrogens with zero attached hydrogens (tertiary/aromatic N) is 3. The molecule has 4 heterocycles. The molecule has 0 saturated heterocycles. The zero-order chi connectivity index (χ0) is 25.8. The second-order valence-electron chi connectivity index (χ2n) is 12.4. The van der Waals surface area contributed by atoms with Gasteiger partial charge < -0.3 is 0 Å². The molecule has 1 aliphatic heterocycles. The van der Waals surface area contributed by atoms with Gasteiger partial charge in [-0.2, -0.15) is 4.57 Å². The molecule has 190 valence electrons. The highest BCUT2D eigenvalue weighted by Gasteiger charge is 2.49. The first-order valence-electron chi connectivity index (χ1n) is 13.9. The summed E-state index contributed by atoms with van der Waals surface area (Å²) < 4.78 is 4.46. The molecule has 0 amide bonds. The molecule has 1 atom stereocenters. The normalized spacial score (nSPS) is 17.6. The van der Waals surface area contributed by atoms with Crippen LogP contribution in [-0.4, -0.2) is 9.55 Å². The van der Waals surface area contributed by atoms with Gasteiger partial charge in [0.2, 0.25) is 0 Å². The van der Waals surface area contributed by atoms with Gasteiger partial charge in [0, 0.05) is 28.0 Å².